The Balaban J connectivity index is 1.63. The number of aromatic carboxylic acids is 1. The summed E-state index contributed by atoms with van der Waals surface area (Å²) in [6, 6.07) is 6.33. The normalized spacial score (nSPS) is 27.7. The topological polar surface area (TPSA) is 37.3 Å². The van der Waals surface area contributed by atoms with Crippen LogP contribution in [0.1, 0.15) is 137 Å². The molecule has 0 saturated heterocycles. The second-order valence-electron chi connectivity index (χ2n) is 9.84. The standard InChI is InChI=1S/C27H42O2/c1-3-5-6-7-8-21-11-13-22(14-12-21)24-17-18-25(27(28)29)26(19-24)23-15-9-20(4-2)10-16-23/h17-23H,3-16H2,1-2H3,(H,28,29). The van der Waals surface area contributed by atoms with E-state index in [0.717, 1.165) is 30.2 Å². The van der Waals surface area contributed by atoms with E-state index in [4.69, 9.17) is 0 Å². The molecule has 2 aliphatic rings. The first-order valence-corrected chi connectivity index (χ1v) is 12.5. The fourth-order valence-corrected chi connectivity index (χ4v) is 5.89. The summed E-state index contributed by atoms with van der Waals surface area (Å²) in [7, 11) is 0. The molecule has 0 aromatic heterocycles. The molecule has 0 bridgehead atoms. The molecule has 0 unspecified atom stereocenters. The van der Waals surface area contributed by atoms with Crippen molar-refractivity contribution < 1.29 is 9.90 Å². The van der Waals surface area contributed by atoms with E-state index in [0.29, 0.717) is 17.4 Å². The quantitative estimate of drug-likeness (QED) is 0.425. The molecule has 2 nitrogen and oxygen atoms in total. The SMILES string of the molecule is CCCCCCC1CCC(c2ccc(C(=O)O)c(C3CCC(CC)CC3)c2)CC1. The Labute approximate surface area is 178 Å². The van der Waals surface area contributed by atoms with Gasteiger partial charge in [0, 0.05) is 0 Å². The predicted octanol–water partition coefficient (Wildman–Crippen LogP) is 8.31. The summed E-state index contributed by atoms with van der Waals surface area (Å²) in [4.78, 5) is 11.9. The molecule has 1 aromatic carbocycles. The molecule has 1 N–H and O–H groups in total. The van der Waals surface area contributed by atoms with Crippen molar-refractivity contribution in [1.82, 2.24) is 0 Å². The first-order valence-electron chi connectivity index (χ1n) is 12.5. The lowest BCUT2D eigenvalue weighted by Crippen LogP contribution is -2.17. The molecular weight excluding hydrogens is 356 g/mol. The van der Waals surface area contributed by atoms with E-state index in [-0.39, 0.29) is 0 Å². The van der Waals surface area contributed by atoms with Crippen LogP contribution < -0.4 is 0 Å². The molecule has 0 amide bonds. The average Bonchev–Trinajstić information content (AvgIpc) is 2.77. The van der Waals surface area contributed by atoms with E-state index in [1.165, 1.54) is 82.6 Å². The highest BCUT2D eigenvalue weighted by Gasteiger charge is 2.27. The Bertz CT molecular complexity index is 634. The summed E-state index contributed by atoms with van der Waals surface area (Å²) in [5, 5.41) is 9.75. The number of hydrogen-bond donors (Lipinski definition) is 1. The van der Waals surface area contributed by atoms with Crippen LogP contribution >= 0.6 is 0 Å². The van der Waals surface area contributed by atoms with Crippen molar-refractivity contribution in [2.75, 3.05) is 0 Å². The van der Waals surface area contributed by atoms with Gasteiger partial charge in [-0.2, -0.15) is 0 Å². The summed E-state index contributed by atoms with van der Waals surface area (Å²) in [5.41, 5.74) is 3.09. The molecule has 2 fully saturated rings. The third-order valence-corrected chi connectivity index (χ3v) is 7.95. The summed E-state index contributed by atoms with van der Waals surface area (Å²) in [6.45, 7) is 4.57. The van der Waals surface area contributed by atoms with Gasteiger partial charge in [0.25, 0.3) is 0 Å². The van der Waals surface area contributed by atoms with Crippen molar-refractivity contribution in [1.29, 1.82) is 0 Å². The first-order chi connectivity index (χ1) is 14.1. The lowest BCUT2D eigenvalue weighted by atomic mass is 9.74. The van der Waals surface area contributed by atoms with Crippen LogP contribution in [-0.4, -0.2) is 11.1 Å². The van der Waals surface area contributed by atoms with Crippen LogP contribution in [-0.2, 0) is 0 Å². The minimum absolute atomic E-state index is 0.443. The molecule has 0 aliphatic heterocycles. The van der Waals surface area contributed by atoms with Gasteiger partial charge in [-0.3, -0.25) is 0 Å². The Morgan fingerprint density at radius 2 is 1.52 bits per heavy atom. The molecule has 1 aromatic rings. The summed E-state index contributed by atoms with van der Waals surface area (Å²) >= 11 is 0. The van der Waals surface area contributed by atoms with E-state index in [9.17, 15) is 9.90 Å². The van der Waals surface area contributed by atoms with Crippen molar-refractivity contribution in [3.63, 3.8) is 0 Å². The number of hydrogen-bond acceptors (Lipinski definition) is 1. The molecule has 0 atom stereocenters. The van der Waals surface area contributed by atoms with Crippen LogP contribution in [0.3, 0.4) is 0 Å². The lowest BCUT2D eigenvalue weighted by molar-refractivity contribution is 0.0694. The van der Waals surface area contributed by atoms with Crippen LogP contribution in [0.15, 0.2) is 18.2 Å². The van der Waals surface area contributed by atoms with Gasteiger partial charge in [0.2, 0.25) is 0 Å². The first kappa shape index (κ1) is 22.4. The molecule has 2 saturated carbocycles. The molecule has 0 spiro atoms. The zero-order valence-corrected chi connectivity index (χ0v) is 18.8. The Morgan fingerprint density at radius 3 is 2.14 bits per heavy atom. The van der Waals surface area contributed by atoms with Gasteiger partial charge >= 0.3 is 5.97 Å². The molecule has 0 heterocycles. The summed E-state index contributed by atoms with van der Waals surface area (Å²) in [5.74, 6) is 2.09. The van der Waals surface area contributed by atoms with E-state index >= 15 is 0 Å². The molecule has 29 heavy (non-hydrogen) atoms. The minimum atomic E-state index is -0.750. The van der Waals surface area contributed by atoms with Crippen molar-refractivity contribution >= 4 is 5.97 Å². The van der Waals surface area contributed by atoms with Crippen LogP contribution in [0, 0.1) is 11.8 Å². The smallest absolute Gasteiger partial charge is 0.335 e. The van der Waals surface area contributed by atoms with Crippen molar-refractivity contribution in [2.45, 2.75) is 116 Å². The molecule has 2 aliphatic carbocycles. The second-order valence-corrected chi connectivity index (χ2v) is 9.84. The van der Waals surface area contributed by atoms with Crippen molar-refractivity contribution in [3.05, 3.63) is 34.9 Å². The number of unbranched alkanes of at least 4 members (excludes halogenated alkanes) is 3. The van der Waals surface area contributed by atoms with Gasteiger partial charge in [-0.15, -0.1) is 0 Å². The maximum Gasteiger partial charge on any atom is 0.335 e. The number of benzene rings is 1. The van der Waals surface area contributed by atoms with Gasteiger partial charge in [0.05, 0.1) is 5.56 Å². The fourth-order valence-electron chi connectivity index (χ4n) is 5.89. The number of carboxylic acids is 1. The highest BCUT2D eigenvalue weighted by molar-refractivity contribution is 5.89. The molecule has 2 heteroatoms. The van der Waals surface area contributed by atoms with Gasteiger partial charge in [-0.1, -0.05) is 64.5 Å². The zero-order chi connectivity index (χ0) is 20.6. The van der Waals surface area contributed by atoms with Gasteiger partial charge in [0.1, 0.15) is 0 Å². The predicted molar refractivity (Wildman–Crippen MR) is 122 cm³/mol. The van der Waals surface area contributed by atoms with Crippen LogP contribution in [0.25, 0.3) is 0 Å². The molecule has 162 valence electrons. The monoisotopic (exact) mass is 398 g/mol. The van der Waals surface area contributed by atoms with Crippen molar-refractivity contribution in [2.24, 2.45) is 11.8 Å². The van der Waals surface area contributed by atoms with Crippen LogP contribution in [0.2, 0.25) is 0 Å². The number of carboxylic acid groups (broad SMARTS) is 1. The third kappa shape index (κ3) is 6.09. The fraction of sp³-hybridized carbons (Fsp3) is 0.741. The highest BCUT2D eigenvalue weighted by atomic mass is 16.4. The Hall–Kier alpha value is -1.31. The molecule has 3 rings (SSSR count). The van der Waals surface area contributed by atoms with E-state index in [2.05, 4.69) is 26.0 Å². The maximum absolute atomic E-state index is 11.9. The van der Waals surface area contributed by atoms with Gasteiger partial charge in [-0.25, -0.2) is 4.79 Å². The van der Waals surface area contributed by atoms with Crippen LogP contribution in [0.5, 0.6) is 0 Å². The van der Waals surface area contributed by atoms with Gasteiger partial charge in [0.15, 0.2) is 0 Å². The van der Waals surface area contributed by atoms with Gasteiger partial charge in [-0.05, 0) is 92.2 Å². The number of carbonyl (C=O) groups is 1. The average molecular weight is 399 g/mol. The minimum Gasteiger partial charge on any atom is -0.478 e. The van der Waals surface area contributed by atoms with Gasteiger partial charge < -0.3 is 5.11 Å². The molecular formula is C27H42O2. The van der Waals surface area contributed by atoms with E-state index in [1.54, 1.807) is 0 Å². The maximum atomic E-state index is 11.9. The molecule has 0 radical (unpaired) electrons. The Morgan fingerprint density at radius 1 is 0.862 bits per heavy atom. The highest BCUT2D eigenvalue weighted by Crippen LogP contribution is 2.42. The largest absolute Gasteiger partial charge is 0.478 e. The summed E-state index contributed by atoms with van der Waals surface area (Å²) in [6.07, 6.45) is 18.3. The summed E-state index contributed by atoms with van der Waals surface area (Å²) < 4.78 is 0. The number of rotatable bonds is 9. The van der Waals surface area contributed by atoms with Crippen molar-refractivity contribution in [3.8, 4) is 0 Å². The van der Waals surface area contributed by atoms with Crippen LogP contribution in [0.4, 0.5) is 0 Å². The van der Waals surface area contributed by atoms with E-state index < -0.39 is 5.97 Å². The second kappa shape index (κ2) is 11.2. The van der Waals surface area contributed by atoms with E-state index in [1.807, 2.05) is 6.07 Å². The lowest BCUT2D eigenvalue weighted by Gasteiger charge is -2.31. The third-order valence-electron chi connectivity index (χ3n) is 7.95. The zero-order valence-electron chi connectivity index (χ0n) is 18.8. The Kier molecular flexibility index (Phi) is 8.63.